The summed E-state index contributed by atoms with van der Waals surface area (Å²) in [7, 11) is -7.49. The maximum Gasteiger partial charge on any atom is 0.261 e. The molecule has 0 saturated carbocycles. The maximum absolute atomic E-state index is 14.7. The van der Waals surface area contributed by atoms with Crippen LogP contribution in [-0.2, 0) is 19.9 Å². The average molecular weight is 563 g/mol. The monoisotopic (exact) mass is 562 g/mol. The number of nitrogens with one attached hydrogen (secondary N) is 1. The van der Waals surface area contributed by atoms with Crippen molar-refractivity contribution in [2.24, 2.45) is 0 Å². The van der Waals surface area contributed by atoms with Gasteiger partial charge in [-0.1, -0.05) is 13.2 Å². The van der Waals surface area contributed by atoms with Gasteiger partial charge in [-0.05, 0) is 55.3 Å². The van der Waals surface area contributed by atoms with Gasteiger partial charge in [0.25, 0.3) is 15.9 Å². The number of anilines is 2. The highest BCUT2D eigenvalue weighted by Gasteiger charge is 2.29. The van der Waals surface area contributed by atoms with Gasteiger partial charge in [0.1, 0.15) is 5.82 Å². The van der Waals surface area contributed by atoms with Gasteiger partial charge in [-0.25, -0.2) is 21.2 Å². The smallest absolute Gasteiger partial charge is 0.261 e. The molecule has 12 heteroatoms. The number of amides is 1. The fourth-order valence-electron chi connectivity index (χ4n) is 4.66. The lowest BCUT2D eigenvalue weighted by atomic mass is 10.1. The molecule has 0 radical (unpaired) electrons. The van der Waals surface area contributed by atoms with E-state index in [0.717, 1.165) is 38.3 Å². The molecule has 0 aromatic heterocycles. The Morgan fingerprint density at radius 1 is 0.895 bits per heavy atom. The molecule has 2 heterocycles. The molecule has 1 amide bonds. The van der Waals surface area contributed by atoms with Crippen molar-refractivity contribution in [3.63, 3.8) is 0 Å². The molecule has 2 aliphatic rings. The van der Waals surface area contributed by atoms with Crippen LogP contribution < -0.4 is 14.5 Å². The van der Waals surface area contributed by atoms with Crippen LogP contribution in [0.2, 0.25) is 0 Å². The maximum atomic E-state index is 14.7. The number of benzene rings is 2. The van der Waals surface area contributed by atoms with Crippen LogP contribution in [0, 0.1) is 5.82 Å². The van der Waals surface area contributed by atoms with Crippen LogP contribution in [0.25, 0.3) is 0 Å². The summed E-state index contributed by atoms with van der Waals surface area (Å²) in [4.78, 5) is 19.0. The highest BCUT2D eigenvalue weighted by atomic mass is 32.2. The van der Waals surface area contributed by atoms with Crippen molar-refractivity contribution in [1.29, 1.82) is 0 Å². The number of hydrogen-bond donors (Lipinski definition) is 1. The normalized spacial score (nSPS) is 16.4. The number of halogens is 1. The molecule has 9 nitrogen and oxygen atoms in total. The first-order valence-corrected chi connectivity index (χ1v) is 15.5. The second kappa shape index (κ2) is 10.8. The zero-order chi connectivity index (χ0) is 27.7. The van der Waals surface area contributed by atoms with E-state index in [1.54, 1.807) is 15.9 Å². The molecule has 0 aliphatic carbocycles. The van der Waals surface area contributed by atoms with Crippen molar-refractivity contribution in [2.75, 3.05) is 55.3 Å². The van der Waals surface area contributed by atoms with Crippen molar-refractivity contribution < 1.29 is 26.0 Å². The van der Waals surface area contributed by atoms with E-state index in [0.29, 0.717) is 18.8 Å². The Morgan fingerprint density at radius 3 is 2.05 bits per heavy atom. The highest BCUT2D eigenvalue weighted by Crippen LogP contribution is 2.30. The van der Waals surface area contributed by atoms with Crippen molar-refractivity contribution in [3.8, 4) is 0 Å². The largest absolute Gasteiger partial charge is 0.371 e. The Hall–Kier alpha value is -3.38. The summed E-state index contributed by atoms with van der Waals surface area (Å²) in [6.45, 7) is 9.89. The fraction of sp³-hybridized carbons (Fsp3) is 0.346. The third-order valence-electron chi connectivity index (χ3n) is 6.72. The van der Waals surface area contributed by atoms with Gasteiger partial charge >= 0.3 is 0 Å². The van der Waals surface area contributed by atoms with Gasteiger partial charge < -0.3 is 14.7 Å². The molecule has 2 aromatic rings. The van der Waals surface area contributed by atoms with Gasteiger partial charge in [0.2, 0.25) is 0 Å². The second-order valence-corrected chi connectivity index (χ2v) is 13.1. The quantitative estimate of drug-likeness (QED) is 0.493. The summed E-state index contributed by atoms with van der Waals surface area (Å²) < 4.78 is 66.2. The van der Waals surface area contributed by atoms with Crippen LogP contribution in [-0.4, -0.2) is 73.2 Å². The Balaban J connectivity index is 1.57. The minimum Gasteiger partial charge on any atom is -0.371 e. The molecule has 0 unspecified atom stereocenters. The Kier molecular flexibility index (Phi) is 7.84. The average Bonchev–Trinajstić information content (AvgIpc) is 3.42. The van der Waals surface area contributed by atoms with Gasteiger partial charge in [-0.2, -0.15) is 0 Å². The fourth-order valence-corrected chi connectivity index (χ4v) is 6.36. The van der Waals surface area contributed by atoms with Gasteiger partial charge in [0, 0.05) is 56.9 Å². The number of carbonyl (C=O) groups excluding carboxylic acids is 1. The summed E-state index contributed by atoms with van der Waals surface area (Å²) in [5.41, 5.74) is 1.35. The van der Waals surface area contributed by atoms with E-state index in [-0.39, 0.29) is 45.7 Å². The molecule has 2 aromatic carbocycles. The SMILES string of the molecule is C=CC(=C)NS(=O)(=O)c1ccc(N2CCCC2)c(C(=O)N2CCN(c3ccc(S(C)(=O)=O)cc3F)CC2)c1. The predicted octanol–water partition coefficient (Wildman–Crippen LogP) is 2.77. The van der Waals surface area contributed by atoms with Crippen LogP contribution in [0.5, 0.6) is 0 Å². The number of hydrogen-bond acceptors (Lipinski definition) is 7. The number of sulfone groups is 1. The molecule has 0 spiro atoms. The molecule has 204 valence electrons. The lowest BCUT2D eigenvalue weighted by Gasteiger charge is -2.37. The van der Waals surface area contributed by atoms with E-state index in [9.17, 15) is 26.0 Å². The summed E-state index contributed by atoms with van der Waals surface area (Å²) in [5.74, 6) is -0.949. The van der Waals surface area contributed by atoms with Crippen molar-refractivity contribution in [3.05, 3.63) is 72.7 Å². The van der Waals surface area contributed by atoms with Crippen LogP contribution in [0.1, 0.15) is 23.2 Å². The van der Waals surface area contributed by atoms with E-state index >= 15 is 0 Å². The predicted molar refractivity (Wildman–Crippen MR) is 145 cm³/mol. The number of nitrogens with zero attached hydrogens (tertiary/aromatic N) is 3. The number of piperazine rings is 1. The summed E-state index contributed by atoms with van der Waals surface area (Å²) in [5, 5.41) is 0. The Bertz CT molecular complexity index is 1480. The summed E-state index contributed by atoms with van der Waals surface area (Å²) >= 11 is 0. The summed E-state index contributed by atoms with van der Waals surface area (Å²) in [6, 6.07) is 8.35. The van der Waals surface area contributed by atoms with Crippen molar-refractivity contribution in [1.82, 2.24) is 9.62 Å². The number of allylic oxidation sites excluding steroid dienone is 1. The second-order valence-electron chi connectivity index (χ2n) is 9.37. The minimum atomic E-state index is -3.97. The van der Waals surface area contributed by atoms with E-state index in [2.05, 4.69) is 22.8 Å². The first kappa shape index (κ1) is 27.6. The molecule has 2 saturated heterocycles. The molecule has 0 bridgehead atoms. The first-order valence-electron chi connectivity index (χ1n) is 12.2. The third kappa shape index (κ3) is 5.86. The zero-order valence-corrected chi connectivity index (χ0v) is 22.8. The highest BCUT2D eigenvalue weighted by molar-refractivity contribution is 7.90. The van der Waals surface area contributed by atoms with Crippen molar-refractivity contribution >= 4 is 37.1 Å². The molecule has 1 N–H and O–H groups in total. The summed E-state index contributed by atoms with van der Waals surface area (Å²) in [6.07, 6.45) is 4.28. The molecule has 2 fully saturated rings. The first-order chi connectivity index (χ1) is 17.9. The molecule has 4 rings (SSSR count). The molecule has 38 heavy (non-hydrogen) atoms. The van der Waals surface area contributed by atoms with Gasteiger partial charge in [0.05, 0.1) is 21.0 Å². The van der Waals surface area contributed by atoms with Gasteiger partial charge in [-0.3, -0.25) is 9.52 Å². The third-order valence-corrected chi connectivity index (χ3v) is 9.24. The van der Waals surface area contributed by atoms with Crippen LogP contribution >= 0.6 is 0 Å². The molecular weight excluding hydrogens is 531 g/mol. The molecule has 0 atom stereocenters. The molecular formula is C26H31FN4O5S2. The lowest BCUT2D eigenvalue weighted by molar-refractivity contribution is 0.0747. The zero-order valence-electron chi connectivity index (χ0n) is 21.2. The van der Waals surface area contributed by atoms with E-state index < -0.39 is 25.7 Å². The van der Waals surface area contributed by atoms with Crippen LogP contribution in [0.15, 0.2) is 71.1 Å². The number of carbonyl (C=O) groups is 1. The van der Waals surface area contributed by atoms with Gasteiger partial charge in [-0.15, -0.1) is 0 Å². The Morgan fingerprint density at radius 2 is 1.47 bits per heavy atom. The topological polar surface area (TPSA) is 107 Å². The van der Waals surface area contributed by atoms with E-state index in [4.69, 9.17) is 0 Å². The lowest BCUT2D eigenvalue weighted by Crippen LogP contribution is -2.49. The number of sulfonamides is 1. The van der Waals surface area contributed by atoms with Gasteiger partial charge in [0.15, 0.2) is 9.84 Å². The number of rotatable bonds is 8. The van der Waals surface area contributed by atoms with Crippen LogP contribution in [0.4, 0.5) is 15.8 Å². The minimum absolute atomic E-state index is 0.0570. The standard InChI is InChI=1S/C26H31FN4O5S2/c1-4-19(2)28-38(35,36)21-8-9-24(29-11-5-6-12-29)22(17-21)26(32)31-15-13-30(14-16-31)25-10-7-20(18-23(25)27)37(3,33)34/h4,7-10,17-18,28H,1-2,5-6,11-16H2,3H3. The van der Waals surface area contributed by atoms with Crippen LogP contribution in [0.3, 0.4) is 0 Å². The van der Waals surface area contributed by atoms with E-state index in [1.807, 2.05) is 0 Å². The van der Waals surface area contributed by atoms with E-state index in [1.165, 1.54) is 30.3 Å². The molecule has 2 aliphatic heterocycles. The van der Waals surface area contributed by atoms with Crippen molar-refractivity contribution in [2.45, 2.75) is 22.6 Å². The Labute approximate surface area is 223 Å².